The standard InChI is InChI=1S/C38H46N4O3/c1-26-33(34(36(43)44-6)45-37(2,3)4)35-41-22-20-38(5,21-23-41)19-12-8-7-9-14-27-15-10-11-18-30(27)28-16-13-17-29(24-28)31-25-32(39-26)42(35)40-31/h10-13,15-19,24-25,34H,7-9,14,20-23H2,1-6H3/b19-12+/t34-/m0/s1. The van der Waals surface area contributed by atoms with E-state index in [0.717, 1.165) is 73.6 Å². The molecule has 6 bridgehead atoms. The van der Waals surface area contributed by atoms with Gasteiger partial charge >= 0.3 is 5.97 Å². The number of esters is 1. The fourth-order valence-corrected chi connectivity index (χ4v) is 6.76. The third kappa shape index (κ3) is 6.55. The number of carbonyl (C=O) groups excluding carboxylic acids is 1. The maximum Gasteiger partial charge on any atom is 0.339 e. The number of fused-ring (bicyclic) bond motifs is 6. The van der Waals surface area contributed by atoms with Crippen LogP contribution in [0, 0.1) is 12.3 Å². The van der Waals surface area contributed by atoms with Crippen molar-refractivity contribution >= 4 is 17.4 Å². The molecule has 1 fully saturated rings. The molecule has 5 heterocycles. The average Bonchev–Trinajstić information content (AvgIpc) is 3.44. The number of anilines is 1. The lowest BCUT2D eigenvalue weighted by atomic mass is 9.79. The molecule has 2 aromatic carbocycles. The van der Waals surface area contributed by atoms with Crippen LogP contribution in [0.1, 0.15) is 82.7 Å². The van der Waals surface area contributed by atoms with Crippen molar-refractivity contribution in [3.05, 3.63) is 83.6 Å². The minimum Gasteiger partial charge on any atom is -0.467 e. The largest absolute Gasteiger partial charge is 0.467 e. The fourth-order valence-electron chi connectivity index (χ4n) is 6.76. The second-order valence-electron chi connectivity index (χ2n) is 13.9. The maximum atomic E-state index is 13.4. The molecule has 1 atom stereocenters. The molecule has 0 saturated carbocycles. The van der Waals surface area contributed by atoms with Crippen molar-refractivity contribution < 1.29 is 14.3 Å². The smallest absolute Gasteiger partial charge is 0.339 e. The molecular formula is C38H46N4O3. The number of allylic oxidation sites excluding steroid dienone is 2. The lowest BCUT2D eigenvalue weighted by Gasteiger charge is -2.40. The van der Waals surface area contributed by atoms with Gasteiger partial charge in [0.15, 0.2) is 11.8 Å². The summed E-state index contributed by atoms with van der Waals surface area (Å²) >= 11 is 0. The summed E-state index contributed by atoms with van der Waals surface area (Å²) in [4.78, 5) is 20.7. The summed E-state index contributed by atoms with van der Waals surface area (Å²) in [7, 11) is 1.41. The van der Waals surface area contributed by atoms with E-state index in [1.807, 2.05) is 32.2 Å². The molecule has 0 spiro atoms. The highest BCUT2D eigenvalue weighted by Crippen LogP contribution is 2.40. The van der Waals surface area contributed by atoms with E-state index in [4.69, 9.17) is 19.6 Å². The second-order valence-corrected chi connectivity index (χ2v) is 13.9. The molecule has 7 rings (SSSR count). The molecule has 0 radical (unpaired) electrons. The molecular weight excluding hydrogens is 560 g/mol. The number of carbonyl (C=O) groups is 1. The molecule has 2 aromatic heterocycles. The third-order valence-corrected chi connectivity index (χ3v) is 9.23. The summed E-state index contributed by atoms with van der Waals surface area (Å²) in [6.07, 6.45) is 10.4. The van der Waals surface area contributed by atoms with Gasteiger partial charge in [0.05, 0.1) is 24.0 Å². The molecule has 236 valence electrons. The molecule has 0 amide bonds. The lowest BCUT2D eigenvalue weighted by Crippen LogP contribution is -2.40. The van der Waals surface area contributed by atoms with Crippen LogP contribution in [0.3, 0.4) is 0 Å². The number of aromatic nitrogens is 3. The van der Waals surface area contributed by atoms with Crippen LogP contribution < -0.4 is 4.90 Å². The first-order chi connectivity index (χ1) is 21.5. The minimum atomic E-state index is -0.941. The van der Waals surface area contributed by atoms with Gasteiger partial charge in [-0.2, -0.15) is 9.61 Å². The summed E-state index contributed by atoms with van der Waals surface area (Å²) in [5.74, 6) is 0.415. The number of methoxy groups -OCH3 is 1. The monoisotopic (exact) mass is 606 g/mol. The predicted octanol–water partition coefficient (Wildman–Crippen LogP) is 8.29. The molecule has 3 aliphatic heterocycles. The number of hydrogen-bond acceptors (Lipinski definition) is 6. The Kier molecular flexibility index (Phi) is 8.57. The zero-order chi connectivity index (χ0) is 31.8. The van der Waals surface area contributed by atoms with Gasteiger partial charge in [-0.3, -0.25) is 0 Å². The van der Waals surface area contributed by atoms with Crippen molar-refractivity contribution in [3.8, 4) is 22.4 Å². The number of rotatable bonds is 3. The Morgan fingerprint density at radius 2 is 1.76 bits per heavy atom. The zero-order valence-electron chi connectivity index (χ0n) is 27.6. The van der Waals surface area contributed by atoms with Crippen molar-refractivity contribution in [2.45, 2.75) is 84.8 Å². The number of hydrogen-bond donors (Lipinski definition) is 0. The topological polar surface area (TPSA) is 69.0 Å². The van der Waals surface area contributed by atoms with Gasteiger partial charge in [0.25, 0.3) is 0 Å². The Morgan fingerprint density at radius 3 is 2.51 bits per heavy atom. The van der Waals surface area contributed by atoms with Crippen molar-refractivity contribution in [2.75, 3.05) is 25.1 Å². The highest BCUT2D eigenvalue weighted by atomic mass is 16.6. The van der Waals surface area contributed by atoms with Crippen molar-refractivity contribution in [2.24, 2.45) is 5.41 Å². The third-order valence-electron chi connectivity index (χ3n) is 9.23. The summed E-state index contributed by atoms with van der Waals surface area (Å²) in [6, 6.07) is 19.5. The Balaban J connectivity index is 1.56. The van der Waals surface area contributed by atoms with Gasteiger partial charge in [0.1, 0.15) is 5.82 Å². The minimum absolute atomic E-state index is 0.117. The van der Waals surface area contributed by atoms with E-state index in [-0.39, 0.29) is 5.41 Å². The molecule has 45 heavy (non-hydrogen) atoms. The Hall–Kier alpha value is -3.97. The number of piperidine rings is 1. The average molecular weight is 607 g/mol. The van der Waals surface area contributed by atoms with Gasteiger partial charge in [0.2, 0.25) is 0 Å². The van der Waals surface area contributed by atoms with Crippen LogP contribution in [0.5, 0.6) is 0 Å². The van der Waals surface area contributed by atoms with Gasteiger partial charge in [-0.25, -0.2) is 9.78 Å². The Labute approximate surface area is 267 Å². The van der Waals surface area contributed by atoms with E-state index in [1.54, 1.807) is 0 Å². The zero-order valence-corrected chi connectivity index (χ0v) is 27.6. The summed E-state index contributed by atoms with van der Waals surface area (Å²) in [5.41, 5.74) is 7.43. The maximum absolute atomic E-state index is 13.4. The fraction of sp³-hybridized carbons (Fsp3) is 0.447. The second kappa shape index (κ2) is 12.4. The summed E-state index contributed by atoms with van der Waals surface area (Å²) < 4.78 is 13.7. The van der Waals surface area contributed by atoms with Crippen LogP contribution in [0.15, 0.2) is 66.7 Å². The Bertz CT molecular complexity index is 1720. The molecule has 1 saturated heterocycles. The van der Waals surface area contributed by atoms with E-state index in [9.17, 15) is 4.79 Å². The van der Waals surface area contributed by atoms with Crippen LogP contribution in [0.4, 0.5) is 5.82 Å². The SMILES string of the molecule is COC(=O)[C@@H](OC(C)(C)C)c1c(C)nc2cc3nn2c1N1CCC(C)(/C=C/CCCCc2ccccc2-c2cccc-3c2)CC1. The quantitative estimate of drug-likeness (QED) is 0.173. The molecule has 0 aliphatic carbocycles. The van der Waals surface area contributed by atoms with Gasteiger partial charge in [-0.1, -0.05) is 61.5 Å². The molecule has 7 nitrogen and oxygen atoms in total. The van der Waals surface area contributed by atoms with Crippen molar-refractivity contribution in [3.63, 3.8) is 0 Å². The van der Waals surface area contributed by atoms with Crippen LogP contribution in [-0.2, 0) is 20.7 Å². The van der Waals surface area contributed by atoms with Gasteiger partial charge in [-0.15, -0.1) is 0 Å². The number of aryl methyl sites for hydroxylation is 2. The number of nitrogens with zero attached hydrogens (tertiary/aromatic N) is 4. The van der Waals surface area contributed by atoms with Gasteiger partial charge < -0.3 is 14.4 Å². The van der Waals surface area contributed by atoms with E-state index in [0.29, 0.717) is 5.56 Å². The highest BCUT2D eigenvalue weighted by Gasteiger charge is 2.37. The molecule has 7 heteroatoms. The summed E-state index contributed by atoms with van der Waals surface area (Å²) in [5, 5.41) is 5.19. The summed E-state index contributed by atoms with van der Waals surface area (Å²) in [6.45, 7) is 11.9. The van der Waals surface area contributed by atoms with Crippen molar-refractivity contribution in [1.29, 1.82) is 0 Å². The molecule has 0 unspecified atom stereocenters. The molecule has 3 aliphatic rings. The number of ether oxygens (including phenoxy) is 2. The first kappa shape index (κ1) is 31.0. The van der Waals surface area contributed by atoms with Crippen LogP contribution in [0.25, 0.3) is 28.0 Å². The van der Waals surface area contributed by atoms with Gasteiger partial charge in [-0.05, 0) is 94.4 Å². The van der Waals surface area contributed by atoms with Crippen LogP contribution in [0.2, 0.25) is 0 Å². The van der Waals surface area contributed by atoms with Crippen LogP contribution >= 0.6 is 0 Å². The van der Waals surface area contributed by atoms with E-state index in [2.05, 4.69) is 78.6 Å². The number of benzene rings is 2. The van der Waals surface area contributed by atoms with E-state index in [1.165, 1.54) is 30.2 Å². The lowest BCUT2D eigenvalue weighted by molar-refractivity contribution is -0.164. The van der Waals surface area contributed by atoms with E-state index >= 15 is 0 Å². The van der Waals surface area contributed by atoms with E-state index < -0.39 is 17.7 Å². The molecule has 4 aromatic rings. The molecule has 0 N–H and O–H groups in total. The normalized spacial score (nSPS) is 18.1. The van der Waals surface area contributed by atoms with Crippen molar-refractivity contribution in [1.82, 2.24) is 14.6 Å². The Morgan fingerprint density at radius 1 is 1.00 bits per heavy atom. The highest BCUT2D eigenvalue weighted by molar-refractivity contribution is 5.81. The predicted molar refractivity (Wildman–Crippen MR) is 180 cm³/mol. The van der Waals surface area contributed by atoms with Crippen LogP contribution in [-0.4, -0.2) is 46.4 Å². The first-order valence-corrected chi connectivity index (χ1v) is 16.3. The van der Waals surface area contributed by atoms with Gasteiger partial charge in [0, 0.05) is 30.4 Å². The first-order valence-electron chi connectivity index (χ1n) is 16.3.